The van der Waals surface area contributed by atoms with Gasteiger partial charge < -0.3 is 10.4 Å². The predicted molar refractivity (Wildman–Crippen MR) is 104 cm³/mol. The van der Waals surface area contributed by atoms with Gasteiger partial charge in [0.25, 0.3) is 11.6 Å². The smallest absolute Gasteiger partial charge is 0.271 e. The second-order valence-electron chi connectivity index (χ2n) is 4.76. The van der Waals surface area contributed by atoms with E-state index in [1.165, 1.54) is 30.3 Å². The molecule has 0 saturated carbocycles. The number of aromatic hydroxyl groups is 1. The third-order valence-electron chi connectivity index (χ3n) is 3.03. The topological polar surface area (TPSA) is 116 Å². The molecule has 126 valence electrons. The number of hydrogen-bond acceptors (Lipinski definition) is 5. The van der Waals surface area contributed by atoms with Crippen molar-refractivity contribution in [3.05, 3.63) is 65.7 Å². The number of hydrogen-bond donors (Lipinski definition) is 2. The molecule has 0 unspecified atom stereocenters. The number of nitro groups is 1. The number of amides is 1. The van der Waals surface area contributed by atoms with Gasteiger partial charge in [-0.15, -0.1) is 0 Å². The fourth-order valence-corrected chi connectivity index (χ4v) is 3.38. The van der Waals surface area contributed by atoms with Crippen molar-refractivity contribution >= 4 is 61.9 Å². The molecule has 0 saturated heterocycles. The van der Waals surface area contributed by atoms with E-state index in [-0.39, 0.29) is 22.7 Å². The van der Waals surface area contributed by atoms with E-state index in [0.29, 0.717) is 13.6 Å². The molecule has 2 aromatic rings. The number of halogens is 2. The number of nitro benzene ring substituents is 1. The molecule has 9 heteroatoms. The third-order valence-corrected chi connectivity index (χ3v) is 4.46. The highest BCUT2D eigenvalue weighted by molar-refractivity contribution is 14.1. The molecule has 2 N–H and O–H groups in total. The minimum Gasteiger partial charge on any atom is -0.506 e. The van der Waals surface area contributed by atoms with Crippen molar-refractivity contribution in [2.24, 2.45) is 0 Å². The van der Waals surface area contributed by atoms with Gasteiger partial charge in [-0.1, -0.05) is 6.07 Å². The van der Waals surface area contributed by atoms with Gasteiger partial charge in [-0.05, 0) is 68.4 Å². The SMILES string of the molecule is N#C/C(=C\c1cc(Br)c(O)c(I)c1)C(=O)Nc1cccc([N+](=O)[O-])c1. The summed E-state index contributed by atoms with van der Waals surface area (Å²) in [7, 11) is 0. The number of anilines is 1. The summed E-state index contributed by atoms with van der Waals surface area (Å²) in [5.74, 6) is -0.625. The lowest BCUT2D eigenvalue weighted by Crippen LogP contribution is -2.13. The molecule has 2 rings (SSSR count). The van der Waals surface area contributed by atoms with Gasteiger partial charge >= 0.3 is 0 Å². The van der Waals surface area contributed by atoms with Crippen LogP contribution in [0.15, 0.2) is 46.4 Å². The summed E-state index contributed by atoms with van der Waals surface area (Å²) in [6.45, 7) is 0. The first kappa shape index (κ1) is 18.9. The van der Waals surface area contributed by atoms with Crippen LogP contribution >= 0.6 is 38.5 Å². The maximum Gasteiger partial charge on any atom is 0.271 e. The Bertz CT molecular complexity index is 914. The second kappa shape index (κ2) is 8.09. The maximum atomic E-state index is 12.2. The van der Waals surface area contributed by atoms with Gasteiger partial charge in [0.1, 0.15) is 17.4 Å². The highest BCUT2D eigenvalue weighted by Gasteiger charge is 2.13. The molecule has 0 aliphatic heterocycles. The monoisotopic (exact) mass is 513 g/mol. The number of carbonyl (C=O) groups is 1. The van der Waals surface area contributed by atoms with Crippen molar-refractivity contribution in [3.63, 3.8) is 0 Å². The molecule has 0 bridgehead atoms. The van der Waals surface area contributed by atoms with E-state index in [1.54, 1.807) is 18.2 Å². The lowest BCUT2D eigenvalue weighted by atomic mass is 10.1. The fraction of sp³-hybridized carbons (Fsp3) is 0. The van der Waals surface area contributed by atoms with Crippen LogP contribution in [0.3, 0.4) is 0 Å². The molecule has 0 radical (unpaired) electrons. The summed E-state index contributed by atoms with van der Waals surface area (Å²) in [6, 6.07) is 10.4. The standard InChI is InChI=1S/C16H9BrIN3O4/c17-13-5-9(6-14(18)15(13)22)4-10(8-19)16(23)20-11-2-1-3-12(7-11)21(24)25/h1-7,22H,(H,20,23)/b10-4+. The molecule has 0 aliphatic carbocycles. The first-order chi connectivity index (χ1) is 11.8. The summed E-state index contributed by atoms with van der Waals surface area (Å²) in [6.07, 6.45) is 1.36. The van der Waals surface area contributed by atoms with Gasteiger partial charge in [0.15, 0.2) is 0 Å². The highest BCUT2D eigenvalue weighted by atomic mass is 127. The largest absolute Gasteiger partial charge is 0.506 e. The molecular formula is C16H9BrIN3O4. The average Bonchev–Trinajstić information content (AvgIpc) is 2.57. The number of nitrogens with one attached hydrogen (secondary N) is 1. The Morgan fingerprint density at radius 2 is 2.12 bits per heavy atom. The van der Waals surface area contributed by atoms with E-state index in [4.69, 9.17) is 0 Å². The van der Waals surface area contributed by atoms with E-state index < -0.39 is 10.8 Å². The van der Waals surface area contributed by atoms with Gasteiger partial charge in [-0.3, -0.25) is 14.9 Å². The first-order valence-electron chi connectivity index (χ1n) is 6.67. The average molecular weight is 514 g/mol. The van der Waals surface area contributed by atoms with E-state index in [2.05, 4.69) is 21.2 Å². The van der Waals surface area contributed by atoms with E-state index in [9.17, 15) is 25.3 Å². The van der Waals surface area contributed by atoms with Gasteiger partial charge in [0.05, 0.1) is 13.0 Å². The summed E-state index contributed by atoms with van der Waals surface area (Å²) in [5, 5.41) is 32.2. The van der Waals surface area contributed by atoms with Gasteiger partial charge in [-0.2, -0.15) is 5.26 Å². The zero-order valence-corrected chi connectivity index (χ0v) is 16.1. The number of nitriles is 1. The number of phenolic OH excluding ortho intramolecular Hbond substituents is 1. The van der Waals surface area contributed by atoms with Crippen molar-refractivity contribution in [2.45, 2.75) is 0 Å². The van der Waals surface area contributed by atoms with Crippen LogP contribution < -0.4 is 5.32 Å². The second-order valence-corrected chi connectivity index (χ2v) is 6.78. The summed E-state index contributed by atoms with van der Waals surface area (Å²) < 4.78 is 0.983. The van der Waals surface area contributed by atoms with Crippen molar-refractivity contribution in [2.75, 3.05) is 5.32 Å². The number of non-ortho nitro benzene ring substituents is 1. The lowest BCUT2D eigenvalue weighted by molar-refractivity contribution is -0.384. The summed E-state index contributed by atoms with van der Waals surface area (Å²) >= 11 is 5.11. The molecule has 0 heterocycles. The Morgan fingerprint density at radius 3 is 2.72 bits per heavy atom. The Labute approximate surface area is 164 Å². The van der Waals surface area contributed by atoms with Crippen molar-refractivity contribution in [1.29, 1.82) is 5.26 Å². The number of nitrogens with zero attached hydrogens (tertiary/aromatic N) is 2. The quantitative estimate of drug-likeness (QED) is 0.209. The van der Waals surface area contributed by atoms with Gasteiger partial charge in [-0.25, -0.2) is 0 Å². The Morgan fingerprint density at radius 1 is 1.40 bits per heavy atom. The molecule has 2 aromatic carbocycles. The molecule has 0 fully saturated rings. The Hall–Kier alpha value is -2.45. The van der Waals surface area contributed by atoms with Crippen molar-refractivity contribution < 1.29 is 14.8 Å². The van der Waals surface area contributed by atoms with Gasteiger partial charge in [0.2, 0.25) is 0 Å². The molecule has 0 aromatic heterocycles. The summed E-state index contributed by atoms with van der Waals surface area (Å²) in [5.41, 5.74) is 0.402. The van der Waals surface area contributed by atoms with E-state index in [1.807, 2.05) is 22.6 Å². The molecular weight excluding hydrogens is 505 g/mol. The van der Waals surface area contributed by atoms with Crippen molar-refractivity contribution in [1.82, 2.24) is 0 Å². The normalized spacial score (nSPS) is 10.8. The van der Waals surface area contributed by atoms with E-state index in [0.717, 1.165) is 0 Å². The number of rotatable bonds is 4. The predicted octanol–water partition coefficient (Wildman–Crippen LogP) is 4.21. The third kappa shape index (κ3) is 4.77. The van der Waals surface area contributed by atoms with Gasteiger partial charge in [0, 0.05) is 17.8 Å². The van der Waals surface area contributed by atoms with Crippen LogP contribution in [0.5, 0.6) is 5.75 Å². The zero-order valence-electron chi connectivity index (χ0n) is 12.4. The molecule has 0 aliphatic rings. The summed E-state index contributed by atoms with van der Waals surface area (Å²) in [4.78, 5) is 22.4. The van der Waals surface area contributed by atoms with Crippen LogP contribution in [0.1, 0.15) is 5.56 Å². The lowest BCUT2D eigenvalue weighted by Gasteiger charge is -2.05. The number of phenols is 1. The van der Waals surface area contributed by atoms with Crippen LogP contribution in [0.4, 0.5) is 11.4 Å². The molecule has 0 spiro atoms. The van der Waals surface area contributed by atoms with Crippen LogP contribution in [-0.4, -0.2) is 15.9 Å². The minimum absolute atomic E-state index is 0.0669. The Balaban J connectivity index is 2.29. The van der Waals surface area contributed by atoms with Crippen LogP contribution in [-0.2, 0) is 4.79 Å². The fourth-order valence-electron chi connectivity index (χ4n) is 1.88. The van der Waals surface area contributed by atoms with Crippen LogP contribution in [0, 0.1) is 25.0 Å². The molecule has 25 heavy (non-hydrogen) atoms. The maximum absolute atomic E-state index is 12.2. The first-order valence-corrected chi connectivity index (χ1v) is 8.54. The minimum atomic E-state index is -0.692. The zero-order chi connectivity index (χ0) is 18.6. The Kier molecular flexibility index (Phi) is 6.11. The van der Waals surface area contributed by atoms with E-state index >= 15 is 0 Å². The number of carbonyl (C=O) groups excluding carboxylic acids is 1. The molecule has 1 amide bonds. The van der Waals surface area contributed by atoms with Crippen LogP contribution in [0.25, 0.3) is 6.08 Å². The molecule has 7 nitrogen and oxygen atoms in total. The number of benzene rings is 2. The van der Waals surface area contributed by atoms with Crippen LogP contribution in [0.2, 0.25) is 0 Å². The van der Waals surface area contributed by atoms with Crippen molar-refractivity contribution in [3.8, 4) is 11.8 Å². The molecule has 0 atom stereocenters. The highest BCUT2D eigenvalue weighted by Crippen LogP contribution is 2.31.